The van der Waals surface area contributed by atoms with Crippen LogP contribution in [0, 0.1) is 46.3 Å². The largest absolute Gasteiger partial charge is 0.493 e. The number of aryl methyl sites for hydroxylation is 2. The van der Waals surface area contributed by atoms with Crippen molar-refractivity contribution < 1.29 is 48.1 Å². The number of hydrogen-bond donors (Lipinski definition) is 3. The molecule has 4 saturated carbocycles. The molecule has 1 amide bonds. The molecule has 10 atom stereocenters. The summed E-state index contributed by atoms with van der Waals surface area (Å²) in [5.41, 5.74) is 3.87. The number of amides is 1. The summed E-state index contributed by atoms with van der Waals surface area (Å²) in [7, 11) is 1.63. The third-order valence-electron chi connectivity index (χ3n) is 16.3. The van der Waals surface area contributed by atoms with Gasteiger partial charge in [0, 0.05) is 25.3 Å². The number of aromatic nitrogens is 1. The van der Waals surface area contributed by atoms with Gasteiger partial charge in [0.25, 0.3) is 0 Å². The van der Waals surface area contributed by atoms with E-state index < -0.39 is 5.97 Å². The molecule has 0 bridgehead atoms. The van der Waals surface area contributed by atoms with E-state index in [1.807, 2.05) is 12.1 Å². The van der Waals surface area contributed by atoms with Gasteiger partial charge in [-0.25, -0.2) is 0 Å². The van der Waals surface area contributed by atoms with E-state index >= 15 is 0 Å². The maximum atomic E-state index is 12.9. The number of carbonyl (C=O) groups excluding carboxylic acids is 2. The topological polar surface area (TPSA) is 137 Å². The minimum atomic E-state index is -0.461. The van der Waals surface area contributed by atoms with Crippen molar-refractivity contribution in [3.63, 3.8) is 0 Å². The minimum absolute atomic E-state index is 0.125. The van der Waals surface area contributed by atoms with E-state index in [2.05, 4.69) is 55.1 Å². The van der Waals surface area contributed by atoms with Gasteiger partial charge in [0.05, 0.1) is 43.5 Å². The van der Waals surface area contributed by atoms with Gasteiger partial charge in [-0.15, -0.1) is 0 Å². The maximum Gasteiger partial charge on any atom is 0.325 e. The third-order valence-corrected chi connectivity index (χ3v) is 16.3. The summed E-state index contributed by atoms with van der Waals surface area (Å²) >= 11 is 0. The number of rotatable bonds is 12. The molecular formula is C48H63N2O9+. The van der Waals surface area contributed by atoms with Gasteiger partial charge in [-0.2, -0.15) is 4.57 Å². The highest BCUT2D eigenvalue weighted by Gasteiger charge is 2.62. The van der Waals surface area contributed by atoms with Crippen molar-refractivity contribution in [3.8, 4) is 34.3 Å². The first-order valence-electron chi connectivity index (χ1n) is 22.3. The average molecular weight is 812 g/mol. The van der Waals surface area contributed by atoms with Gasteiger partial charge in [-0.05, 0) is 139 Å². The number of carbonyl (C=O) groups is 2. The Balaban J connectivity index is 0.727. The number of nitrogens with zero attached hydrogens (tertiary/aromatic N) is 1. The Labute approximate surface area is 348 Å². The maximum absolute atomic E-state index is 12.9. The zero-order chi connectivity index (χ0) is 41.1. The van der Waals surface area contributed by atoms with Crippen molar-refractivity contribution in [2.45, 2.75) is 117 Å². The Morgan fingerprint density at radius 3 is 2.61 bits per heavy atom. The predicted molar refractivity (Wildman–Crippen MR) is 221 cm³/mol. The van der Waals surface area contributed by atoms with Gasteiger partial charge in [0.15, 0.2) is 35.7 Å². The molecule has 3 N–H and O–H groups in total. The van der Waals surface area contributed by atoms with Gasteiger partial charge < -0.3 is 39.2 Å². The van der Waals surface area contributed by atoms with Crippen LogP contribution in [0.4, 0.5) is 0 Å². The van der Waals surface area contributed by atoms with Crippen LogP contribution in [-0.4, -0.2) is 68.0 Å². The lowest BCUT2D eigenvalue weighted by molar-refractivity contribution is -0.686. The van der Waals surface area contributed by atoms with Gasteiger partial charge in [-0.1, -0.05) is 20.8 Å². The number of esters is 1. The van der Waals surface area contributed by atoms with Crippen LogP contribution in [0.2, 0.25) is 0 Å². The third kappa shape index (κ3) is 7.32. The summed E-state index contributed by atoms with van der Waals surface area (Å²) in [5.74, 6) is 4.95. The molecular weight excluding hydrogens is 749 g/mol. The fourth-order valence-corrected chi connectivity index (χ4v) is 13.2. The highest BCUT2D eigenvalue weighted by molar-refractivity contribution is 5.92. The van der Waals surface area contributed by atoms with E-state index in [4.69, 9.17) is 23.7 Å². The molecule has 2 aromatic carbocycles. The van der Waals surface area contributed by atoms with Crippen molar-refractivity contribution in [2.24, 2.45) is 46.3 Å². The normalized spacial score (nSPS) is 31.9. The average Bonchev–Trinajstić information content (AvgIpc) is 3.84. The molecule has 6 aliphatic rings. The van der Waals surface area contributed by atoms with Crippen molar-refractivity contribution in [3.05, 3.63) is 42.1 Å². The summed E-state index contributed by atoms with van der Waals surface area (Å²) in [5, 5.41) is 26.8. The number of ether oxygens (including phenoxy) is 5. The van der Waals surface area contributed by atoms with Crippen LogP contribution in [0.5, 0.6) is 23.0 Å². The van der Waals surface area contributed by atoms with Gasteiger partial charge in [-0.3, -0.25) is 9.59 Å². The van der Waals surface area contributed by atoms with Crippen LogP contribution in [0.25, 0.3) is 22.0 Å². The molecule has 4 fully saturated rings. The van der Waals surface area contributed by atoms with Crippen molar-refractivity contribution in [1.82, 2.24) is 5.32 Å². The molecule has 1 aromatic heterocycles. The monoisotopic (exact) mass is 811 g/mol. The van der Waals surface area contributed by atoms with Crippen LogP contribution >= 0.6 is 0 Å². The lowest BCUT2D eigenvalue weighted by Crippen LogP contribution is -2.58. The van der Waals surface area contributed by atoms with Crippen LogP contribution in [0.3, 0.4) is 0 Å². The smallest absolute Gasteiger partial charge is 0.325 e. The first-order chi connectivity index (χ1) is 28.5. The lowest BCUT2D eigenvalue weighted by Gasteiger charge is -2.62. The quantitative estimate of drug-likeness (QED) is 0.101. The zero-order valence-electron chi connectivity index (χ0n) is 35.3. The minimum Gasteiger partial charge on any atom is -0.493 e. The molecule has 9 rings (SSSR count). The molecule has 5 unspecified atom stereocenters. The Hall–Kier alpha value is -4.09. The Kier molecular flexibility index (Phi) is 11.0. The first kappa shape index (κ1) is 40.3. The molecule has 2 aliphatic heterocycles. The number of fused-ring (bicyclic) bond motifs is 10. The van der Waals surface area contributed by atoms with Crippen LogP contribution < -0.4 is 28.8 Å². The summed E-state index contributed by atoms with van der Waals surface area (Å²) in [6.45, 7) is 8.63. The molecule has 11 heteroatoms. The molecule has 0 spiro atoms. The second-order valence-corrected chi connectivity index (χ2v) is 19.2. The standard InChI is InChI=1S/C48H62N2O9/c1-28(35-8-9-36-45-37(13-16-48(35,36)3)47(2)15-12-32(51)22-31(47)23-39(45)52)6-11-43(53)49-25-44(54)56-18-5-19-57-46-34-26-50-17-14-30-21-41-42(59-27-58-41)24-33(30)38(50)20-29(34)7-10-40(46)55-4/h7,10,20-21,24,26,28,31-32,35-37,39,45,51-52H,5-6,8-9,11-19,22-23,25,27H2,1-4H3/p+1/t28-,31?,32-,35?,36?,37?,39-,45?,47+,48-/m1/s1. The van der Waals surface area contributed by atoms with Crippen LogP contribution in [-0.2, 0) is 27.3 Å². The molecule has 3 aromatic rings. The summed E-state index contributed by atoms with van der Waals surface area (Å²) in [6, 6.07) is 10.3. The fraction of sp³-hybridized carbons (Fsp3) is 0.646. The number of aliphatic hydroxyl groups is 2. The molecule has 59 heavy (non-hydrogen) atoms. The van der Waals surface area contributed by atoms with E-state index in [1.165, 1.54) is 12.0 Å². The zero-order valence-corrected chi connectivity index (χ0v) is 35.3. The van der Waals surface area contributed by atoms with E-state index in [0.29, 0.717) is 66.5 Å². The summed E-state index contributed by atoms with van der Waals surface area (Å²) in [4.78, 5) is 25.5. The fourth-order valence-electron chi connectivity index (χ4n) is 13.2. The van der Waals surface area contributed by atoms with Crippen LogP contribution in [0.15, 0.2) is 36.5 Å². The van der Waals surface area contributed by atoms with E-state index in [-0.39, 0.29) is 48.9 Å². The van der Waals surface area contributed by atoms with Gasteiger partial charge >= 0.3 is 5.97 Å². The molecule has 0 saturated heterocycles. The van der Waals surface area contributed by atoms with E-state index in [1.54, 1.807) is 7.11 Å². The second kappa shape index (κ2) is 16.1. The number of hydrogen-bond acceptors (Lipinski definition) is 9. The molecule has 11 nitrogen and oxygen atoms in total. The second-order valence-electron chi connectivity index (χ2n) is 19.2. The van der Waals surface area contributed by atoms with Crippen molar-refractivity contribution in [1.29, 1.82) is 0 Å². The lowest BCUT2D eigenvalue weighted by atomic mass is 9.43. The number of aliphatic hydroxyl groups excluding tert-OH is 2. The van der Waals surface area contributed by atoms with Crippen LogP contribution in [0.1, 0.15) is 97.0 Å². The van der Waals surface area contributed by atoms with E-state index in [0.717, 1.165) is 97.9 Å². The molecule has 4 aliphatic carbocycles. The Bertz CT molecular complexity index is 2090. The molecule has 318 valence electrons. The van der Waals surface area contributed by atoms with Crippen molar-refractivity contribution >= 4 is 22.6 Å². The highest BCUT2D eigenvalue weighted by atomic mass is 16.7. The number of benzene rings is 2. The predicted octanol–water partition coefficient (Wildman–Crippen LogP) is 6.92. The SMILES string of the molecule is COc1ccc2cc3[n+](cc2c1OCCCOC(=O)CNC(=O)CC[C@@H](C)C1CCC2C4C(CC[C@@]21C)[C@@]1(C)CC[C@@H](O)CC1C[C@H]4O)CCc1cc2c(cc1-3)OCO2. The molecule has 0 radical (unpaired) electrons. The van der Waals surface area contributed by atoms with E-state index in [9.17, 15) is 19.8 Å². The Morgan fingerprint density at radius 2 is 1.78 bits per heavy atom. The summed E-state index contributed by atoms with van der Waals surface area (Å²) in [6.07, 6.45) is 12.4. The van der Waals surface area contributed by atoms with Gasteiger partial charge in [0.1, 0.15) is 6.54 Å². The summed E-state index contributed by atoms with van der Waals surface area (Å²) < 4.78 is 31.0. The number of pyridine rings is 1. The Morgan fingerprint density at radius 1 is 0.983 bits per heavy atom. The van der Waals surface area contributed by atoms with Crippen molar-refractivity contribution in [2.75, 3.05) is 33.7 Å². The first-order valence-corrected chi connectivity index (χ1v) is 22.3. The number of methoxy groups -OCH3 is 1. The highest BCUT2D eigenvalue weighted by Crippen LogP contribution is 2.68. The van der Waals surface area contributed by atoms with Gasteiger partial charge in [0.2, 0.25) is 18.4 Å². The number of nitrogens with one attached hydrogen (secondary N) is 1. The molecule has 3 heterocycles.